The fourth-order valence-corrected chi connectivity index (χ4v) is 8.42. The number of aromatic nitrogens is 1. The van der Waals surface area contributed by atoms with Gasteiger partial charge in [-0.1, -0.05) is 127 Å². The van der Waals surface area contributed by atoms with E-state index in [1.807, 2.05) is 36.4 Å². The Morgan fingerprint density at radius 1 is 0.396 bits per heavy atom. The van der Waals surface area contributed by atoms with E-state index in [1.165, 1.54) is 48.2 Å². The van der Waals surface area contributed by atoms with Gasteiger partial charge in [0.1, 0.15) is 5.52 Å². The van der Waals surface area contributed by atoms with Gasteiger partial charge in [-0.2, -0.15) is 0 Å². The Labute approximate surface area is 311 Å². The molecule has 0 saturated heterocycles. The molecule has 0 aliphatic rings. The van der Waals surface area contributed by atoms with Gasteiger partial charge in [0.15, 0.2) is 5.58 Å². The van der Waals surface area contributed by atoms with Crippen LogP contribution < -0.4 is 4.90 Å². The number of rotatable bonds is 7. The van der Waals surface area contributed by atoms with E-state index in [1.54, 1.807) is 11.3 Å². The summed E-state index contributed by atoms with van der Waals surface area (Å²) in [5.41, 5.74) is 13.1. The number of nitrogens with zero attached hydrogens (tertiary/aromatic N) is 2. The van der Waals surface area contributed by atoms with Gasteiger partial charge in [-0.05, 0) is 100 Å². The molecule has 3 nitrogen and oxygen atoms in total. The highest BCUT2D eigenvalue weighted by atomic mass is 32.1. The van der Waals surface area contributed by atoms with Crippen molar-refractivity contribution in [1.29, 1.82) is 0 Å². The van der Waals surface area contributed by atoms with E-state index in [4.69, 9.17) is 9.40 Å². The summed E-state index contributed by atoms with van der Waals surface area (Å²) in [5, 5.41) is 2.36. The van der Waals surface area contributed by atoms with E-state index >= 15 is 0 Å². The third kappa shape index (κ3) is 5.76. The Kier molecular flexibility index (Phi) is 7.67. The summed E-state index contributed by atoms with van der Waals surface area (Å²) >= 11 is 1.80. The monoisotopic (exact) mass is 696 g/mol. The lowest BCUT2D eigenvalue weighted by Gasteiger charge is -2.26. The van der Waals surface area contributed by atoms with Crippen LogP contribution in [-0.2, 0) is 0 Å². The molecule has 0 fully saturated rings. The molecular weight excluding hydrogens is 665 g/mol. The van der Waals surface area contributed by atoms with Crippen LogP contribution >= 0.6 is 11.3 Å². The molecule has 0 saturated carbocycles. The minimum atomic E-state index is 0.650. The third-order valence-electron chi connectivity index (χ3n) is 9.92. The molecule has 0 radical (unpaired) electrons. The summed E-state index contributed by atoms with van der Waals surface area (Å²) in [7, 11) is 0. The van der Waals surface area contributed by atoms with Gasteiger partial charge in [0.25, 0.3) is 0 Å². The second-order valence-electron chi connectivity index (χ2n) is 13.2. The fraction of sp³-hybridized carbons (Fsp3) is 0. The first-order valence-electron chi connectivity index (χ1n) is 17.8. The summed E-state index contributed by atoms with van der Waals surface area (Å²) in [4.78, 5) is 7.31. The number of fused-ring (bicyclic) bond motifs is 5. The summed E-state index contributed by atoms with van der Waals surface area (Å²) in [5.74, 6) is 0.650. The minimum absolute atomic E-state index is 0.650. The van der Waals surface area contributed by atoms with Gasteiger partial charge in [-0.15, -0.1) is 11.3 Å². The molecule has 0 unspecified atom stereocenters. The fourth-order valence-electron chi connectivity index (χ4n) is 7.28. The zero-order valence-electron chi connectivity index (χ0n) is 28.7. The van der Waals surface area contributed by atoms with Gasteiger partial charge in [-0.25, -0.2) is 4.98 Å². The van der Waals surface area contributed by atoms with Crippen LogP contribution in [0.1, 0.15) is 0 Å². The van der Waals surface area contributed by atoms with E-state index in [0.29, 0.717) is 5.89 Å². The topological polar surface area (TPSA) is 29.3 Å². The van der Waals surface area contributed by atoms with Crippen molar-refractivity contribution in [1.82, 2.24) is 4.98 Å². The standard InChI is InChI=1S/C49H32N2OS/c1-4-11-33(12-5-1)35-19-24-40(25-20-35)51(42-18-10-17-38(31-42)34-13-6-2-7-14-34)41-26-21-36(22-27-41)39-23-28-43-46(32-39)53-45-30-29-44-48(47(43)45)50-49(52-44)37-15-8-3-9-16-37/h1-32H. The molecule has 0 aliphatic carbocycles. The molecule has 0 bridgehead atoms. The molecule has 53 heavy (non-hydrogen) atoms. The Hall–Kier alpha value is -6.75. The van der Waals surface area contributed by atoms with E-state index in [2.05, 4.69) is 163 Å². The van der Waals surface area contributed by atoms with E-state index < -0.39 is 0 Å². The van der Waals surface area contributed by atoms with Crippen LogP contribution in [0.5, 0.6) is 0 Å². The lowest BCUT2D eigenvalue weighted by atomic mass is 10.0. The van der Waals surface area contributed by atoms with Crippen LogP contribution in [0.25, 0.3) is 76.1 Å². The number of thiophene rings is 1. The largest absolute Gasteiger partial charge is 0.436 e. The van der Waals surface area contributed by atoms with Crippen molar-refractivity contribution in [3.05, 3.63) is 194 Å². The van der Waals surface area contributed by atoms with Gasteiger partial charge < -0.3 is 9.32 Å². The average molecular weight is 697 g/mol. The van der Waals surface area contributed by atoms with Crippen LogP contribution in [0.3, 0.4) is 0 Å². The molecule has 250 valence electrons. The number of hydrogen-bond acceptors (Lipinski definition) is 4. The first-order valence-corrected chi connectivity index (χ1v) is 18.6. The third-order valence-corrected chi connectivity index (χ3v) is 11.0. The predicted octanol–water partition coefficient (Wildman–Crippen LogP) is 14.3. The Morgan fingerprint density at radius 2 is 0.925 bits per heavy atom. The van der Waals surface area contributed by atoms with Crippen molar-refractivity contribution in [3.8, 4) is 44.8 Å². The molecule has 10 aromatic rings. The minimum Gasteiger partial charge on any atom is -0.436 e. The highest BCUT2D eigenvalue weighted by Gasteiger charge is 2.17. The maximum atomic E-state index is 6.21. The molecule has 4 heteroatoms. The normalized spacial score (nSPS) is 11.4. The van der Waals surface area contributed by atoms with Crippen molar-refractivity contribution >= 4 is 59.7 Å². The van der Waals surface area contributed by atoms with E-state index in [-0.39, 0.29) is 0 Å². The van der Waals surface area contributed by atoms with Gasteiger partial charge in [-0.3, -0.25) is 0 Å². The first-order chi connectivity index (χ1) is 26.2. The average Bonchev–Trinajstić information content (AvgIpc) is 3.84. The molecule has 2 heterocycles. The van der Waals surface area contributed by atoms with Gasteiger partial charge >= 0.3 is 0 Å². The Balaban J connectivity index is 1.02. The number of hydrogen-bond donors (Lipinski definition) is 0. The van der Waals surface area contributed by atoms with Gasteiger partial charge in [0.05, 0.1) is 0 Å². The lowest BCUT2D eigenvalue weighted by molar-refractivity contribution is 0.620. The molecule has 0 aliphatic heterocycles. The van der Waals surface area contributed by atoms with Crippen LogP contribution in [0.4, 0.5) is 17.1 Å². The SMILES string of the molecule is c1ccc(-c2ccc(N(c3ccc(-c4ccc5c(c4)sc4ccc6oc(-c7ccccc7)nc6c45)cc3)c3cccc(-c4ccccc4)c3)cc2)cc1. The van der Waals surface area contributed by atoms with Crippen LogP contribution in [0.2, 0.25) is 0 Å². The quantitative estimate of drug-likeness (QED) is 0.166. The van der Waals surface area contributed by atoms with Crippen molar-refractivity contribution in [2.75, 3.05) is 4.90 Å². The molecule has 0 N–H and O–H groups in total. The molecule has 0 atom stereocenters. The molecular formula is C49H32N2OS. The number of anilines is 3. The number of benzene rings is 8. The second kappa shape index (κ2) is 13.1. The van der Waals surface area contributed by atoms with Crippen LogP contribution in [-0.4, -0.2) is 4.98 Å². The second-order valence-corrected chi connectivity index (χ2v) is 14.3. The lowest BCUT2D eigenvalue weighted by Crippen LogP contribution is -2.10. The molecule has 8 aromatic carbocycles. The van der Waals surface area contributed by atoms with Gasteiger partial charge in [0.2, 0.25) is 5.89 Å². The molecule has 10 rings (SSSR count). The maximum Gasteiger partial charge on any atom is 0.227 e. The zero-order chi connectivity index (χ0) is 35.1. The summed E-state index contributed by atoms with van der Waals surface area (Å²) in [6.07, 6.45) is 0. The van der Waals surface area contributed by atoms with Crippen molar-refractivity contribution in [2.24, 2.45) is 0 Å². The molecule has 0 amide bonds. The maximum absolute atomic E-state index is 6.21. The molecule has 0 spiro atoms. The van der Waals surface area contributed by atoms with E-state index in [9.17, 15) is 0 Å². The summed E-state index contributed by atoms with van der Waals surface area (Å²) in [6, 6.07) is 68.8. The first kappa shape index (κ1) is 31.0. The predicted molar refractivity (Wildman–Crippen MR) is 223 cm³/mol. The zero-order valence-corrected chi connectivity index (χ0v) is 29.5. The summed E-state index contributed by atoms with van der Waals surface area (Å²) < 4.78 is 8.65. The highest BCUT2D eigenvalue weighted by molar-refractivity contribution is 7.26. The van der Waals surface area contributed by atoms with Crippen molar-refractivity contribution in [2.45, 2.75) is 0 Å². The molecule has 2 aromatic heterocycles. The smallest absolute Gasteiger partial charge is 0.227 e. The van der Waals surface area contributed by atoms with Crippen LogP contribution in [0, 0.1) is 0 Å². The van der Waals surface area contributed by atoms with E-state index in [0.717, 1.165) is 39.1 Å². The Morgan fingerprint density at radius 3 is 1.58 bits per heavy atom. The highest BCUT2D eigenvalue weighted by Crippen LogP contribution is 2.42. The van der Waals surface area contributed by atoms with Crippen molar-refractivity contribution < 1.29 is 4.42 Å². The number of oxazole rings is 1. The Bertz CT molecular complexity index is 2860. The van der Waals surface area contributed by atoms with Crippen LogP contribution in [0.15, 0.2) is 199 Å². The summed E-state index contributed by atoms with van der Waals surface area (Å²) in [6.45, 7) is 0. The van der Waals surface area contributed by atoms with Gasteiger partial charge in [0, 0.05) is 42.8 Å². The van der Waals surface area contributed by atoms with Crippen molar-refractivity contribution in [3.63, 3.8) is 0 Å².